The van der Waals surface area contributed by atoms with Gasteiger partial charge in [0.2, 0.25) is 5.78 Å². The molecular formula is C19H16F2N4O. The van der Waals surface area contributed by atoms with Crippen LogP contribution in [0.1, 0.15) is 18.2 Å². The van der Waals surface area contributed by atoms with Gasteiger partial charge in [-0.15, -0.1) is 0 Å². The first-order valence-corrected chi connectivity index (χ1v) is 7.78. The van der Waals surface area contributed by atoms with E-state index in [4.69, 9.17) is 4.74 Å². The number of nitrogens with zero attached hydrogens (tertiary/aromatic N) is 4. The molecule has 0 unspecified atom stereocenters. The van der Waals surface area contributed by atoms with Crippen LogP contribution in [0.3, 0.4) is 0 Å². The summed E-state index contributed by atoms with van der Waals surface area (Å²) in [4.78, 5) is 12.3. The van der Waals surface area contributed by atoms with Gasteiger partial charge in [-0.05, 0) is 30.7 Å². The molecule has 0 amide bonds. The van der Waals surface area contributed by atoms with Crippen LogP contribution in [0.2, 0.25) is 0 Å². The highest BCUT2D eigenvalue weighted by Gasteiger charge is 2.05. The third-order valence-corrected chi connectivity index (χ3v) is 3.40. The second kappa shape index (κ2) is 7.69. The molecule has 0 aliphatic carbocycles. The zero-order valence-electron chi connectivity index (χ0n) is 14.1. The number of hydrogen-bond acceptors (Lipinski definition) is 4. The Morgan fingerprint density at radius 2 is 2.15 bits per heavy atom. The monoisotopic (exact) mass is 354 g/mol. The highest BCUT2D eigenvalue weighted by molar-refractivity contribution is 5.55. The van der Waals surface area contributed by atoms with Crippen LogP contribution in [0, 0.1) is 5.82 Å². The Kier molecular flexibility index (Phi) is 5.17. The van der Waals surface area contributed by atoms with E-state index in [1.165, 1.54) is 18.3 Å². The lowest BCUT2D eigenvalue weighted by Gasteiger charge is -2.02. The van der Waals surface area contributed by atoms with Gasteiger partial charge in [-0.25, -0.2) is 18.7 Å². The van der Waals surface area contributed by atoms with E-state index in [1.54, 1.807) is 29.8 Å². The predicted octanol–water partition coefficient (Wildman–Crippen LogP) is 4.29. The molecule has 3 aromatic rings. The second-order valence-electron chi connectivity index (χ2n) is 5.58. The SMILES string of the molecule is C=C/C(F)=C\C(C)=C\c1cnc2nc(COc3cncc(F)c3)cn2c1. The molecule has 0 saturated carbocycles. The molecule has 0 saturated heterocycles. The molecule has 0 atom stereocenters. The Bertz CT molecular complexity index is 1010. The van der Waals surface area contributed by atoms with Gasteiger partial charge in [-0.3, -0.25) is 9.38 Å². The second-order valence-corrected chi connectivity index (χ2v) is 5.58. The molecule has 0 aliphatic rings. The fourth-order valence-electron chi connectivity index (χ4n) is 2.30. The summed E-state index contributed by atoms with van der Waals surface area (Å²) < 4.78 is 33.5. The van der Waals surface area contributed by atoms with E-state index in [0.29, 0.717) is 17.2 Å². The van der Waals surface area contributed by atoms with Gasteiger partial charge in [0, 0.05) is 30.2 Å². The number of hydrogen-bond donors (Lipinski definition) is 0. The smallest absolute Gasteiger partial charge is 0.234 e. The molecule has 132 valence electrons. The Balaban J connectivity index is 1.77. The Labute approximate surface area is 149 Å². The van der Waals surface area contributed by atoms with Crippen LogP contribution >= 0.6 is 0 Å². The zero-order valence-corrected chi connectivity index (χ0v) is 14.1. The molecular weight excluding hydrogens is 338 g/mol. The first kappa shape index (κ1) is 17.5. The van der Waals surface area contributed by atoms with Crippen molar-refractivity contribution in [1.29, 1.82) is 0 Å². The van der Waals surface area contributed by atoms with Crippen LogP contribution in [0.25, 0.3) is 11.9 Å². The lowest BCUT2D eigenvalue weighted by molar-refractivity contribution is 0.299. The molecule has 3 heterocycles. The average Bonchev–Trinajstić information content (AvgIpc) is 3.02. The summed E-state index contributed by atoms with van der Waals surface area (Å²) in [5, 5.41) is 0. The maximum atomic E-state index is 13.2. The van der Waals surface area contributed by atoms with Crippen LogP contribution in [-0.4, -0.2) is 19.4 Å². The topological polar surface area (TPSA) is 52.3 Å². The van der Waals surface area contributed by atoms with Crippen molar-refractivity contribution < 1.29 is 13.5 Å². The van der Waals surface area contributed by atoms with Crippen molar-refractivity contribution in [3.63, 3.8) is 0 Å². The summed E-state index contributed by atoms with van der Waals surface area (Å²) in [5.74, 6) is -0.0384. The molecule has 26 heavy (non-hydrogen) atoms. The Morgan fingerprint density at radius 1 is 1.31 bits per heavy atom. The van der Waals surface area contributed by atoms with Crippen molar-refractivity contribution in [2.24, 2.45) is 0 Å². The fraction of sp³-hybridized carbons (Fsp3) is 0.105. The van der Waals surface area contributed by atoms with E-state index in [-0.39, 0.29) is 6.61 Å². The highest BCUT2D eigenvalue weighted by atomic mass is 19.1. The zero-order chi connectivity index (χ0) is 18.5. The molecule has 0 spiro atoms. The minimum Gasteiger partial charge on any atom is -0.486 e. The number of rotatable bonds is 6. The fourth-order valence-corrected chi connectivity index (χ4v) is 2.30. The van der Waals surface area contributed by atoms with Crippen molar-refractivity contribution >= 4 is 11.9 Å². The molecule has 5 nitrogen and oxygen atoms in total. The largest absolute Gasteiger partial charge is 0.486 e. The van der Waals surface area contributed by atoms with Crippen molar-refractivity contribution in [1.82, 2.24) is 19.4 Å². The van der Waals surface area contributed by atoms with E-state index < -0.39 is 11.6 Å². The van der Waals surface area contributed by atoms with Crippen LogP contribution in [-0.2, 0) is 6.61 Å². The third-order valence-electron chi connectivity index (χ3n) is 3.40. The number of pyridine rings is 1. The number of aromatic nitrogens is 4. The molecule has 0 bridgehead atoms. The molecule has 0 fully saturated rings. The molecule has 0 N–H and O–H groups in total. The summed E-state index contributed by atoms with van der Waals surface area (Å²) >= 11 is 0. The Morgan fingerprint density at radius 3 is 2.92 bits per heavy atom. The number of imidazole rings is 1. The molecule has 3 rings (SSSR count). The first-order chi connectivity index (χ1) is 12.5. The maximum absolute atomic E-state index is 13.2. The molecule has 3 aromatic heterocycles. The van der Waals surface area contributed by atoms with Crippen LogP contribution in [0.4, 0.5) is 8.78 Å². The van der Waals surface area contributed by atoms with Gasteiger partial charge in [-0.1, -0.05) is 6.58 Å². The predicted molar refractivity (Wildman–Crippen MR) is 94.6 cm³/mol. The van der Waals surface area contributed by atoms with E-state index in [2.05, 4.69) is 21.5 Å². The van der Waals surface area contributed by atoms with Crippen LogP contribution in [0.5, 0.6) is 5.75 Å². The van der Waals surface area contributed by atoms with Gasteiger partial charge in [0.15, 0.2) is 0 Å². The minimum atomic E-state index is -0.465. The number of fused-ring (bicyclic) bond motifs is 1. The molecule has 0 radical (unpaired) electrons. The van der Waals surface area contributed by atoms with Gasteiger partial charge in [0.1, 0.15) is 24.0 Å². The van der Waals surface area contributed by atoms with Crippen molar-refractivity contribution in [2.75, 3.05) is 0 Å². The summed E-state index contributed by atoms with van der Waals surface area (Å²) in [6.45, 7) is 5.32. The first-order valence-electron chi connectivity index (χ1n) is 7.78. The average molecular weight is 354 g/mol. The van der Waals surface area contributed by atoms with E-state index >= 15 is 0 Å². The van der Waals surface area contributed by atoms with Crippen LogP contribution in [0.15, 0.2) is 67.2 Å². The lowest BCUT2D eigenvalue weighted by Crippen LogP contribution is -1.96. The van der Waals surface area contributed by atoms with Gasteiger partial charge < -0.3 is 4.74 Å². The minimum absolute atomic E-state index is 0.159. The van der Waals surface area contributed by atoms with Gasteiger partial charge in [0.25, 0.3) is 0 Å². The van der Waals surface area contributed by atoms with Gasteiger partial charge >= 0.3 is 0 Å². The number of allylic oxidation sites excluding steroid dienone is 4. The maximum Gasteiger partial charge on any atom is 0.234 e. The summed E-state index contributed by atoms with van der Waals surface area (Å²) in [6, 6.07) is 1.25. The molecule has 7 heteroatoms. The highest BCUT2D eigenvalue weighted by Crippen LogP contribution is 2.14. The van der Waals surface area contributed by atoms with Crippen molar-refractivity contribution in [3.05, 3.63) is 84.3 Å². The number of ether oxygens (including phenoxy) is 1. The van der Waals surface area contributed by atoms with Crippen LogP contribution < -0.4 is 4.74 Å². The van der Waals surface area contributed by atoms with E-state index in [1.807, 2.05) is 6.20 Å². The number of halogens is 2. The Hall–Kier alpha value is -3.35. The van der Waals surface area contributed by atoms with E-state index in [9.17, 15) is 8.78 Å². The van der Waals surface area contributed by atoms with Crippen molar-refractivity contribution in [3.8, 4) is 5.75 Å². The van der Waals surface area contributed by atoms with Gasteiger partial charge in [-0.2, -0.15) is 0 Å². The van der Waals surface area contributed by atoms with Gasteiger partial charge in [0.05, 0.1) is 18.1 Å². The molecule has 0 aliphatic heterocycles. The van der Waals surface area contributed by atoms with E-state index in [0.717, 1.165) is 23.4 Å². The molecule has 0 aromatic carbocycles. The third kappa shape index (κ3) is 4.38. The summed E-state index contributed by atoms with van der Waals surface area (Å²) in [5.41, 5.74) is 2.16. The standard InChI is InChI=1S/C19H16F2N4O/c1-3-15(20)5-13(2)4-14-7-23-19-24-17(11-25(19)10-14)12-26-18-6-16(21)8-22-9-18/h3-11H,1,12H2,2H3/b13-4+,15-5+. The summed E-state index contributed by atoms with van der Waals surface area (Å²) in [6.07, 6.45) is 12.1. The normalized spacial score (nSPS) is 12.4. The summed E-state index contributed by atoms with van der Waals surface area (Å²) in [7, 11) is 0. The lowest BCUT2D eigenvalue weighted by atomic mass is 10.2. The quantitative estimate of drug-likeness (QED) is 0.620. The van der Waals surface area contributed by atoms with Crippen molar-refractivity contribution in [2.45, 2.75) is 13.5 Å².